The lowest BCUT2D eigenvalue weighted by molar-refractivity contribution is -0.169. The summed E-state index contributed by atoms with van der Waals surface area (Å²) in [5.74, 6) is 0.147. The van der Waals surface area contributed by atoms with E-state index >= 15 is 0 Å². The first-order chi connectivity index (χ1) is 11.2. The van der Waals surface area contributed by atoms with Crippen molar-refractivity contribution in [3.8, 4) is 0 Å². The van der Waals surface area contributed by atoms with Crippen molar-refractivity contribution in [2.75, 3.05) is 37.8 Å². The third-order valence-corrected chi connectivity index (χ3v) is 3.15. The molecule has 1 aromatic heterocycles. The van der Waals surface area contributed by atoms with Crippen molar-refractivity contribution in [3.05, 3.63) is 12.3 Å². The Morgan fingerprint density at radius 1 is 1.21 bits per heavy atom. The maximum atomic E-state index is 12.0. The summed E-state index contributed by atoms with van der Waals surface area (Å²) in [5, 5.41) is 0. The molecule has 1 amide bonds. The molecule has 0 fully saturated rings. The lowest BCUT2D eigenvalue weighted by atomic mass is 10.2. The molecule has 0 aliphatic rings. The predicted octanol–water partition coefficient (Wildman–Crippen LogP) is 1.11. The first kappa shape index (κ1) is 19.5. The summed E-state index contributed by atoms with van der Waals surface area (Å²) in [6.45, 7) is 5.82. The van der Waals surface area contributed by atoms with E-state index in [2.05, 4.69) is 9.97 Å². The Kier molecular flexibility index (Phi) is 7.22. The second-order valence-electron chi connectivity index (χ2n) is 5.66. The fourth-order valence-corrected chi connectivity index (χ4v) is 1.64. The zero-order valence-electron chi connectivity index (χ0n) is 14.7. The van der Waals surface area contributed by atoms with Gasteiger partial charge in [0.05, 0.1) is 5.92 Å². The van der Waals surface area contributed by atoms with Gasteiger partial charge in [-0.05, 0) is 6.07 Å². The molecule has 0 spiro atoms. The summed E-state index contributed by atoms with van der Waals surface area (Å²) in [7, 11) is 3.43. The lowest BCUT2D eigenvalue weighted by Crippen LogP contribution is -2.37. The summed E-state index contributed by atoms with van der Waals surface area (Å²) >= 11 is 0. The van der Waals surface area contributed by atoms with Crippen LogP contribution in [0.5, 0.6) is 0 Å². The van der Waals surface area contributed by atoms with E-state index in [0.29, 0.717) is 18.9 Å². The van der Waals surface area contributed by atoms with E-state index in [-0.39, 0.29) is 11.9 Å². The van der Waals surface area contributed by atoms with Crippen molar-refractivity contribution in [3.63, 3.8) is 0 Å². The first-order valence-corrected chi connectivity index (χ1v) is 7.62. The van der Waals surface area contributed by atoms with Gasteiger partial charge in [-0.25, -0.2) is 9.78 Å². The Balaban J connectivity index is 2.42. The Morgan fingerprint density at radius 2 is 1.88 bits per heavy atom. The van der Waals surface area contributed by atoms with E-state index in [1.165, 1.54) is 11.8 Å². The van der Waals surface area contributed by atoms with E-state index < -0.39 is 18.4 Å². The standard InChI is InChI=1S/C15H25N5O4/c1-10(2)13(21)23-11(3)24-15(22)20(5)9-8-19(4)12-6-7-17-14(16)18-12/h6-7,10-11H,8-9H2,1-5H3,(H2,16,17,18)/t11-/m1/s1. The molecule has 1 aromatic rings. The van der Waals surface area contributed by atoms with Crippen molar-refractivity contribution in [2.45, 2.75) is 27.1 Å². The number of aromatic nitrogens is 2. The van der Waals surface area contributed by atoms with Gasteiger partial charge in [-0.15, -0.1) is 0 Å². The number of rotatable bonds is 7. The zero-order chi connectivity index (χ0) is 18.3. The number of nitrogens with zero attached hydrogens (tertiary/aromatic N) is 4. The average Bonchev–Trinajstić information content (AvgIpc) is 2.51. The minimum atomic E-state index is -0.936. The third kappa shape index (κ3) is 6.27. The number of carbonyl (C=O) groups excluding carboxylic acids is 2. The number of likely N-dealkylation sites (N-methyl/N-ethyl adjacent to an activating group) is 2. The Hall–Kier alpha value is -2.58. The van der Waals surface area contributed by atoms with Gasteiger partial charge in [0.1, 0.15) is 5.82 Å². The van der Waals surface area contributed by atoms with Crippen molar-refractivity contribution in [2.24, 2.45) is 5.92 Å². The highest BCUT2D eigenvalue weighted by molar-refractivity contribution is 5.72. The smallest absolute Gasteiger partial charge is 0.412 e. The summed E-state index contributed by atoms with van der Waals surface area (Å²) in [6, 6.07) is 1.72. The molecule has 2 N–H and O–H groups in total. The van der Waals surface area contributed by atoms with Crippen molar-refractivity contribution >= 4 is 23.8 Å². The molecule has 0 aliphatic heterocycles. The van der Waals surface area contributed by atoms with Crippen LogP contribution in [-0.2, 0) is 14.3 Å². The number of carbonyl (C=O) groups is 2. The highest BCUT2D eigenvalue weighted by atomic mass is 16.7. The van der Waals surface area contributed by atoms with Crippen LogP contribution >= 0.6 is 0 Å². The number of amides is 1. The second kappa shape index (κ2) is 8.90. The number of hydrogen-bond acceptors (Lipinski definition) is 8. The minimum absolute atomic E-state index is 0.188. The molecule has 0 unspecified atom stereocenters. The molecule has 9 nitrogen and oxygen atoms in total. The van der Waals surface area contributed by atoms with Gasteiger partial charge >= 0.3 is 12.1 Å². The van der Waals surface area contributed by atoms with Gasteiger partial charge in [-0.1, -0.05) is 13.8 Å². The van der Waals surface area contributed by atoms with Crippen LogP contribution in [0.1, 0.15) is 20.8 Å². The molecule has 0 aliphatic carbocycles. The number of anilines is 2. The molecular formula is C15H25N5O4. The molecule has 0 bridgehead atoms. The van der Waals surface area contributed by atoms with Crippen LogP contribution in [0.15, 0.2) is 12.3 Å². The topological polar surface area (TPSA) is 111 Å². The van der Waals surface area contributed by atoms with E-state index in [1.807, 2.05) is 11.9 Å². The summed E-state index contributed by atoms with van der Waals surface area (Å²) < 4.78 is 10.1. The lowest BCUT2D eigenvalue weighted by Gasteiger charge is -2.24. The van der Waals surface area contributed by atoms with Crippen LogP contribution in [0, 0.1) is 5.92 Å². The number of ether oxygens (including phenoxy) is 2. The molecular weight excluding hydrogens is 314 g/mol. The van der Waals surface area contributed by atoms with Crippen LogP contribution in [0.3, 0.4) is 0 Å². The van der Waals surface area contributed by atoms with Gasteiger partial charge in [0, 0.05) is 40.3 Å². The number of esters is 1. The summed E-state index contributed by atoms with van der Waals surface area (Å²) in [6.07, 6.45) is 0.0561. The van der Waals surface area contributed by atoms with Crippen molar-refractivity contribution in [1.82, 2.24) is 14.9 Å². The van der Waals surface area contributed by atoms with Gasteiger partial charge in [0.25, 0.3) is 0 Å². The molecule has 0 saturated carbocycles. The van der Waals surface area contributed by atoms with Gasteiger partial charge in [-0.3, -0.25) is 4.79 Å². The Labute approximate surface area is 141 Å². The average molecular weight is 339 g/mol. The van der Waals surface area contributed by atoms with Crippen molar-refractivity contribution < 1.29 is 19.1 Å². The zero-order valence-corrected chi connectivity index (χ0v) is 14.7. The molecule has 0 saturated heterocycles. The molecule has 134 valence electrons. The predicted molar refractivity (Wildman–Crippen MR) is 89.2 cm³/mol. The molecule has 24 heavy (non-hydrogen) atoms. The molecule has 1 heterocycles. The van der Waals surface area contributed by atoms with Crippen LogP contribution in [-0.4, -0.2) is 60.4 Å². The minimum Gasteiger partial charge on any atom is -0.425 e. The van der Waals surface area contributed by atoms with Crippen LogP contribution in [0.4, 0.5) is 16.6 Å². The molecule has 1 rings (SSSR count). The largest absolute Gasteiger partial charge is 0.425 e. The fraction of sp³-hybridized carbons (Fsp3) is 0.600. The normalized spacial score (nSPS) is 11.8. The van der Waals surface area contributed by atoms with E-state index in [0.717, 1.165) is 0 Å². The number of nitrogens with two attached hydrogens (primary N) is 1. The monoisotopic (exact) mass is 339 g/mol. The number of nitrogen functional groups attached to an aromatic ring is 1. The molecule has 1 atom stereocenters. The highest BCUT2D eigenvalue weighted by Gasteiger charge is 2.19. The molecule has 9 heteroatoms. The highest BCUT2D eigenvalue weighted by Crippen LogP contribution is 2.09. The van der Waals surface area contributed by atoms with Gasteiger partial charge in [-0.2, -0.15) is 4.98 Å². The third-order valence-electron chi connectivity index (χ3n) is 3.15. The van der Waals surface area contributed by atoms with E-state index in [9.17, 15) is 9.59 Å². The van der Waals surface area contributed by atoms with Crippen LogP contribution < -0.4 is 10.6 Å². The Morgan fingerprint density at radius 3 is 2.46 bits per heavy atom. The summed E-state index contributed by atoms with van der Waals surface area (Å²) in [4.78, 5) is 34.6. The van der Waals surface area contributed by atoms with Crippen molar-refractivity contribution in [1.29, 1.82) is 0 Å². The summed E-state index contributed by atoms with van der Waals surface area (Å²) in [5.41, 5.74) is 5.54. The SMILES string of the molecule is CC(C)C(=O)O[C@@H](C)OC(=O)N(C)CCN(C)c1ccnc(N)n1. The number of hydrogen-bond donors (Lipinski definition) is 1. The van der Waals surface area contributed by atoms with E-state index in [4.69, 9.17) is 15.2 Å². The molecule has 0 aromatic carbocycles. The van der Waals surface area contributed by atoms with Gasteiger partial charge in [0.15, 0.2) is 0 Å². The van der Waals surface area contributed by atoms with Gasteiger partial charge < -0.3 is 25.0 Å². The maximum absolute atomic E-state index is 12.0. The quantitative estimate of drug-likeness (QED) is 0.581. The Bertz CT molecular complexity index is 567. The van der Waals surface area contributed by atoms with Crippen LogP contribution in [0.2, 0.25) is 0 Å². The van der Waals surface area contributed by atoms with Crippen LogP contribution in [0.25, 0.3) is 0 Å². The molecule has 0 radical (unpaired) electrons. The maximum Gasteiger partial charge on any atom is 0.412 e. The first-order valence-electron chi connectivity index (χ1n) is 7.62. The second-order valence-corrected chi connectivity index (χ2v) is 5.66. The van der Waals surface area contributed by atoms with E-state index in [1.54, 1.807) is 33.2 Å². The fourth-order valence-electron chi connectivity index (χ4n) is 1.64. The van der Waals surface area contributed by atoms with Gasteiger partial charge in [0.2, 0.25) is 12.2 Å².